The summed E-state index contributed by atoms with van der Waals surface area (Å²) in [6, 6.07) is 5.11. The smallest absolute Gasteiger partial charge is 0.0407 e. The molecule has 0 fully saturated rings. The van der Waals surface area contributed by atoms with Crippen LogP contribution in [0.5, 0.6) is 0 Å². The predicted molar refractivity (Wildman–Crippen MR) is 61.9 cm³/mol. The molecule has 0 saturated carbocycles. The van der Waals surface area contributed by atoms with Crippen LogP contribution in [0.2, 0.25) is 0 Å². The van der Waals surface area contributed by atoms with Crippen molar-refractivity contribution in [1.82, 2.24) is 0 Å². The molecule has 2 unspecified atom stereocenters. The molecular weight excluding hydrogens is 170 g/mol. The van der Waals surface area contributed by atoms with Crippen LogP contribution in [0.1, 0.15) is 30.5 Å². The van der Waals surface area contributed by atoms with Gasteiger partial charge in [-0.25, -0.2) is 0 Å². The predicted octanol–water partition coefficient (Wildman–Crippen LogP) is 3.30. The topological polar surface area (TPSA) is 12.0 Å². The van der Waals surface area contributed by atoms with E-state index in [-0.39, 0.29) is 0 Å². The first-order chi connectivity index (χ1) is 6.59. The number of fused-ring (bicyclic) bond motifs is 1. The van der Waals surface area contributed by atoms with Gasteiger partial charge in [0, 0.05) is 11.7 Å². The largest absolute Gasteiger partial charge is 0.382 e. The molecule has 1 aromatic rings. The van der Waals surface area contributed by atoms with E-state index in [2.05, 4.69) is 45.1 Å². The zero-order chi connectivity index (χ0) is 10.3. The fourth-order valence-corrected chi connectivity index (χ4v) is 2.14. The van der Waals surface area contributed by atoms with Crippen molar-refractivity contribution in [2.24, 2.45) is 5.92 Å². The Morgan fingerprint density at radius 2 is 1.93 bits per heavy atom. The first kappa shape index (κ1) is 9.57. The molecule has 1 aromatic carbocycles. The van der Waals surface area contributed by atoms with E-state index in [0.29, 0.717) is 6.04 Å². The highest BCUT2D eigenvalue weighted by Gasteiger charge is 2.22. The van der Waals surface area contributed by atoms with E-state index in [1.54, 1.807) is 0 Å². The van der Waals surface area contributed by atoms with Gasteiger partial charge in [-0.15, -0.1) is 0 Å². The maximum atomic E-state index is 3.62. The van der Waals surface area contributed by atoms with Crippen molar-refractivity contribution in [2.75, 3.05) is 5.32 Å². The SMILES string of the molecule is Cc1ccc2c(c1C)NC(C)C(C)C2. The lowest BCUT2D eigenvalue weighted by atomic mass is 9.87. The van der Waals surface area contributed by atoms with Gasteiger partial charge in [0.2, 0.25) is 0 Å². The second-order valence-corrected chi connectivity index (χ2v) is 4.66. The highest BCUT2D eigenvalue weighted by Crippen LogP contribution is 2.32. The number of nitrogens with one attached hydrogen (secondary N) is 1. The van der Waals surface area contributed by atoms with E-state index in [1.807, 2.05) is 0 Å². The van der Waals surface area contributed by atoms with E-state index in [9.17, 15) is 0 Å². The molecule has 0 amide bonds. The van der Waals surface area contributed by atoms with E-state index >= 15 is 0 Å². The Morgan fingerprint density at radius 1 is 1.21 bits per heavy atom. The summed E-state index contributed by atoms with van der Waals surface area (Å²) in [7, 11) is 0. The molecule has 1 N–H and O–H groups in total. The molecule has 0 spiro atoms. The summed E-state index contributed by atoms with van der Waals surface area (Å²) in [5, 5.41) is 3.62. The minimum Gasteiger partial charge on any atom is -0.382 e. The lowest BCUT2D eigenvalue weighted by Crippen LogP contribution is -2.31. The average Bonchev–Trinajstić information content (AvgIpc) is 2.15. The lowest BCUT2D eigenvalue weighted by Gasteiger charge is -2.31. The van der Waals surface area contributed by atoms with Gasteiger partial charge in [-0.1, -0.05) is 19.1 Å². The number of hydrogen-bond donors (Lipinski definition) is 1. The van der Waals surface area contributed by atoms with Gasteiger partial charge in [0.15, 0.2) is 0 Å². The van der Waals surface area contributed by atoms with Gasteiger partial charge in [-0.05, 0) is 49.8 Å². The zero-order valence-corrected chi connectivity index (χ0v) is 9.52. The summed E-state index contributed by atoms with van der Waals surface area (Å²) >= 11 is 0. The van der Waals surface area contributed by atoms with Gasteiger partial charge < -0.3 is 5.32 Å². The molecule has 1 nitrogen and oxygen atoms in total. The van der Waals surface area contributed by atoms with Crippen LogP contribution in [0.25, 0.3) is 0 Å². The minimum absolute atomic E-state index is 0.600. The van der Waals surface area contributed by atoms with E-state index in [0.717, 1.165) is 5.92 Å². The van der Waals surface area contributed by atoms with Crippen LogP contribution in [0.3, 0.4) is 0 Å². The monoisotopic (exact) mass is 189 g/mol. The Labute approximate surface area is 86.5 Å². The van der Waals surface area contributed by atoms with Crippen LogP contribution in [-0.2, 0) is 6.42 Å². The Morgan fingerprint density at radius 3 is 2.64 bits per heavy atom. The van der Waals surface area contributed by atoms with Crippen molar-refractivity contribution < 1.29 is 0 Å². The van der Waals surface area contributed by atoms with Gasteiger partial charge >= 0.3 is 0 Å². The Balaban J connectivity index is 2.47. The molecular formula is C13H19N. The van der Waals surface area contributed by atoms with Gasteiger partial charge in [0.25, 0.3) is 0 Å². The van der Waals surface area contributed by atoms with Crippen LogP contribution in [0.15, 0.2) is 12.1 Å². The summed E-state index contributed by atoms with van der Waals surface area (Å²) in [4.78, 5) is 0. The number of hydrogen-bond acceptors (Lipinski definition) is 1. The molecule has 14 heavy (non-hydrogen) atoms. The highest BCUT2D eigenvalue weighted by molar-refractivity contribution is 5.62. The van der Waals surface area contributed by atoms with Crippen molar-refractivity contribution in [2.45, 2.75) is 40.2 Å². The molecule has 1 heterocycles. The van der Waals surface area contributed by atoms with Crippen molar-refractivity contribution >= 4 is 5.69 Å². The molecule has 0 radical (unpaired) electrons. The number of rotatable bonds is 0. The average molecular weight is 189 g/mol. The maximum absolute atomic E-state index is 3.62. The fourth-order valence-electron chi connectivity index (χ4n) is 2.14. The maximum Gasteiger partial charge on any atom is 0.0407 e. The molecule has 2 atom stereocenters. The second-order valence-electron chi connectivity index (χ2n) is 4.66. The molecule has 2 rings (SSSR count). The van der Waals surface area contributed by atoms with Gasteiger partial charge in [-0.3, -0.25) is 0 Å². The molecule has 0 saturated heterocycles. The molecule has 76 valence electrons. The Hall–Kier alpha value is -0.980. The molecule has 1 heteroatoms. The third-order valence-corrected chi connectivity index (χ3v) is 3.59. The minimum atomic E-state index is 0.600. The standard InChI is InChI=1S/C13H19N/c1-8-5-6-12-7-9(2)11(4)14-13(12)10(8)3/h5-6,9,11,14H,7H2,1-4H3. The summed E-state index contributed by atoms with van der Waals surface area (Å²) in [6.45, 7) is 8.98. The van der Waals surface area contributed by atoms with Gasteiger partial charge in [0.1, 0.15) is 0 Å². The van der Waals surface area contributed by atoms with E-state index < -0.39 is 0 Å². The first-order valence-electron chi connectivity index (χ1n) is 5.45. The van der Waals surface area contributed by atoms with Crippen LogP contribution < -0.4 is 5.32 Å². The zero-order valence-electron chi connectivity index (χ0n) is 9.52. The van der Waals surface area contributed by atoms with Crippen molar-refractivity contribution in [3.63, 3.8) is 0 Å². The Bertz CT molecular complexity index is 354. The number of aryl methyl sites for hydroxylation is 1. The fraction of sp³-hybridized carbons (Fsp3) is 0.538. The van der Waals surface area contributed by atoms with Crippen molar-refractivity contribution in [3.05, 3.63) is 28.8 Å². The first-order valence-corrected chi connectivity index (χ1v) is 5.45. The normalized spacial score (nSPS) is 25.4. The number of benzene rings is 1. The highest BCUT2D eigenvalue weighted by atomic mass is 14.9. The second kappa shape index (κ2) is 3.30. The van der Waals surface area contributed by atoms with E-state index in [1.165, 1.54) is 28.8 Å². The van der Waals surface area contributed by atoms with Crippen molar-refractivity contribution in [1.29, 1.82) is 0 Å². The molecule has 0 bridgehead atoms. The molecule has 1 aliphatic heterocycles. The molecule has 1 aliphatic rings. The molecule has 0 aliphatic carbocycles. The quantitative estimate of drug-likeness (QED) is 0.660. The number of anilines is 1. The summed E-state index contributed by atoms with van der Waals surface area (Å²) in [5.41, 5.74) is 5.67. The van der Waals surface area contributed by atoms with E-state index in [4.69, 9.17) is 0 Å². The van der Waals surface area contributed by atoms with Crippen LogP contribution in [0.4, 0.5) is 5.69 Å². The Kier molecular flexibility index (Phi) is 2.26. The summed E-state index contributed by atoms with van der Waals surface area (Å²) in [6.07, 6.45) is 1.21. The van der Waals surface area contributed by atoms with Crippen LogP contribution >= 0.6 is 0 Å². The summed E-state index contributed by atoms with van der Waals surface area (Å²) in [5.74, 6) is 0.740. The third kappa shape index (κ3) is 1.41. The lowest BCUT2D eigenvalue weighted by molar-refractivity contribution is 0.491. The van der Waals surface area contributed by atoms with Gasteiger partial charge in [-0.2, -0.15) is 0 Å². The third-order valence-electron chi connectivity index (χ3n) is 3.59. The molecule has 0 aromatic heterocycles. The van der Waals surface area contributed by atoms with Crippen LogP contribution in [-0.4, -0.2) is 6.04 Å². The van der Waals surface area contributed by atoms with Gasteiger partial charge in [0.05, 0.1) is 0 Å². The van der Waals surface area contributed by atoms with Crippen molar-refractivity contribution in [3.8, 4) is 0 Å². The summed E-state index contributed by atoms with van der Waals surface area (Å²) < 4.78 is 0. The van der Waals surface area contributed by atoms with Crippen LogP contribution in [0, 0.1) is 19.8 Å².